The first-order valence-corrected chi connectivity index (χ1v) is 12.7. The van der Waals surface area contributed by atoms with Gasteiger partial charge in [-0.05, 0) is 42.3 Å². The lowest BCUT2D eigenvalue weighted by atomic mass is 10.2. The molecule has 0 radical (unpaired) electrons. The van der Waals surface area contributed by atoms with Gasteiger partial charge in [-0.3, -0.25) is 9.10 Å². The number of amides is 1. The molecule has 0 aliphatic heterocycles. The molecule has 0 spiro atoms. The molecule has 2 aromatic carbocycles. The summed E-state index contributed by atoms with van der Waals surface area (Å²) in [4.78, 5) is 12.3. The van der Waals surface area contributed by atoms with Crippen LogP contribution in [0.4, 0.5) is 5.69 Å². The molecule has 1 amide bonds. The van der Waals surface area contributed by atoms with Crippen molar-refractivity contribution < 1.29 is 13.2 Å². The van der Waals surface area contributed by atoms with E-state index in [4.69, 9.17) is 34.8 Å². The number of thioether (sulfide) groups is 1. The number of hydrogen-bond donors (Lipinski definition) is 1. The quantitative estimate of drug-likeness (QED) is 0.509. The summed E-state index contributed by atoms with van der Waals surface area (Å²) in [6, 6.07) is 10.3. The molecule has 0 saturated carbocycles. The van der Waals surface area contributed by atoms with E-state index in [1.807, 2.05) is 6.07 Å². The van der Waals surface area contributed by atoms with E-state index in [0.717, 1.165) is 16.1 Å². The second-order valence-corrected chi connectivity index (χ2v) is 10.6. The first-order valence-electron chi connectivity index (χ1n) is 8.61. The van der Waals surface area contributed by atoms with Gasteiger partial charge in [0.1, 0.15) is 6.54 Å². The summed E-state index contributed by atoms with van der Waals surface area (Å²) in [5.74, 6) is 0.947. The third-order valence-corrected chi connectivity index (χ3v) is 7.17. The van der Waals surface area contributed by atoms with Crippen LogP contribution in [0.5, 0.6) is 0 Å². The molecule has 0 heterocycles. The van der Waals surface area contributed by atoms with E-state index in [-0.39, 0.29) is 12.5 Å². The molecule has 0 aliphatic carbocycles. The van der Waals surface area contributed by atoms with Gasteiger partial charge in [-0.1, -0.05) is 46.9 Å². The van der Waals surface area contributed by atoms with Gasteiger partial charge in [0.2, 0.25) is 15.9 Å². The molecule has 1 N–H and O–H groups in total. The Kier molecular flexibility index (Phi) is 8.97. The van der Waals surface area contributed by atoms with Crippen LogP contribution in [0.3, 0.4) is 0 Å². The molecule has 0 aromatic heterocycles. The average molecular weight is 496 g/mol. The minimum absolute atomic E-state index is 0.312. The second kappa shape index (κ2) is 10.8. The van der Waals surface area contributed by atoms with Crippen LogP contribution in [0, 0.1) is 6.92 Å². The van der Waals surface area contributed by atoms with Crippen molar-refractivity contribution in [2.45, 2.75) is 12.7 Å². The zero-order valence-electron chi connectivity index (χ0n) is 15.9. The minimum atomic E-state index is -3.65. The molecule has 0 fully saturated rings. The SMILES string of the molecule is Cc1c(Cl)cccc1N(CC(=O)NCCSCc1ccc(Cl)cc1Cl)S(C)(=O)=O. The summed E-state index contributed by atoms with van der Waals surface area (Å²) < 4.78 is 25.5. The average Bonchev–Trinajstić information content (AvgIpc) is 2.63. The minimum Gasteiger partial charge on any atom is -0.354 e. The molecular formula is C19H21Cl3N2O3S2. The molecule has 0 saturated heterocycles. The van der Waals surface area contributed by atoms with Gasteiger partial charge in [-0.2, -0.15) is 11.8 Å². The van der Waals surface area contributed by atoms with Gasteiger partial charge in [0.15, 0.2) is 0 Å². The number of benzene rings is 2. The zero-order valence-corrected chi connectivity index (χ0v) is 19.8. The summed E-state index contributed by atoms with van der Waals surface area (Å²) in [5, 5.41) is 4.38. The van der Waals surface area contributed by atoms with Crippen LogP contribution in [0.1, 0.15) is 11.1 Å². The Balaban J connectivity index is 1.88. The number of anilines is 1. The van der Waals surface area contributed by atoms with Gasteiger partial charge in [0.05, 0.1) is 11.9 Å². The lowest BCUT2D eigenvalue weighted by molar-refractivity contribution is -0.119. The number of rotatable bonds is 9. The van der Waals surface area contributed by atoms with Crippen LogP contribution in [-0.4, -0.2) is 39.4 Å². The molecule has 0 aliphatic rings. The summed E-state index contributed by atoms with van der Waals surface area (Å²) in [5.41, 5.74) is 1.96. The number of carbonyl (C=O) groups is 1. The van der Waals surface area contributed by atoms with Gasteiger partial charge < -0.3 is 5.32 Å². The predicted molar refractivity (Wildman–Crippen MR) is 124 cm³/mol. The highest BCUT2D eigenvalue weighted by Crippen LogP contribution is 2.28. The van der Waals surface area contributed by atoms with E-state index in [0.29, 0.717) is 44.4 Å². The number of halogens is 3. The highest BCUT2D eigenvalue weighted by atomic mass is 35.5. The largest absolute Gasteiger partial charge is 0.354 e. The maximum Gasteiger partial charge on any atom is 0.240 e. The molecule has 2 aromatic rings. The summed E-state index contributed by atoms with van der Waals surface area (Å²) in [7, 11) is -3.65. The lowest BCUT2D eigenvalue weighted by Crippen LogP contribution is -2.41. The molecule has 5 nitrogen and oxygen atoms in total. The van der Waals surface area contributed by atoms with E-state index < -0.39 is 10.0 Å². The topological polar surface area (TPSA) is 66.5 Å². The lowest BCUT2D eigenvalue weighted by Gasteiger charge is -2.24. The van der Waals surface area contributed by atoms with Crippen molar-refractivity contribution in [1.82, 2.24) is 5.32 Å². The molecule has 29 heavy (non-hydrogen) atoms. The second-order valence-electron chi connectivity index (χ2n) is 6.29. The summed E-state index contributed by atoms with van der Waals surface area (Å²) in [6.07, 6.45) is 1.06. The van der Waals surface area contributed by atoms with Crippen LogP contribution in [0.2, 0.25) is 15.1 Å². The van der Waals surface area contributed by atoms with Crippen LogP contribution in [0.15, 0.2) is 36.4 Å². The molecule has 0 unspecified atom stereocenters. The van der Waals surface area contributed by atoms with Crippen molar-refractivity contribution in [3.05, 3.63) is 62.6 Å². The van der Waals surface area contributed by atoms with Crippen LogP contribution in [-0.2, 0) is 20.6 Å². The first-order chi connectivity index (χ1) is 13.6. The highest BCUT2D eigenvalue weighted by Gasteiger charge is 2.22. The molecule has 10 heteroatoms. The number of hydrogen-bond acceptors (Lipinski definition) is 4. The number of carbonyl (C=O) groups excluding carboxylic acids is 1. The smallest absolute Gasteiger partial charge is 0.240 e. The Morgan fingerprint density at radius 3 is 2.52 bits per heavy atom. The van der Waals surface area contributed by atoms with E-state index in [1.165, 1.54) is 0 Å². The Morgan fingerprint density at radius 2 is 1.86 bits per heavy atom. The summed E-state index contributed by atoms with van der Waals surface area (Å²) in [6.45, 7) is 1.81. The third kappa shape index (κ3) is 7.26. The van der Waals surface area contributed by atoms with Crippen molar-refractivity contribution >= 4 is 68.2 Å². The van der Waals surface area contributed by atoms with Gasteiger partial charge in [0, 0.05) is 33.1 Å². The van der Waals surface area contributed by atoms with E-state index >= 15 is 0 Å². The maximum absolute atomic E-state index is 12.3. The van der Waals surface area contributed by atoms with Crippen molar-refractivity contribution in [2.24, 2.45) is 0 Å². The van der Waals surface area contributed by atoms with Gasteiger partial charge in [-0.25, -0.2) is 8.42 Å². The maximum atomic E-state index is 12.3. The monoisotopic (exact) mass is 494 g/mol. The number of nitrogens with one attached hydrogen (secondary N) is 1. The Bertz CT molecular complexity index is 985. The molecule has 158 valence electrons. The van der Waals surface area contributed by atoms with E-state index in [1.54, 1.807) is 49.0 Å². The zero-order chi connectivity index (χ0) is 21.6. The van der Waals surface area contributed by atoms with Crippen LogP contribution < -0.4 is 9.62 Å². The molecule has 0 atom stereocenters. The van der Waals surface area contributed by atoms with Crippen molar-refractivity contribution in [1.29, 1.82) is 0 Å². The predicted octanol–water partition coefficient (Wildman–Crippen LogP) is 4.77. The fraction of sp³-hybridized carbons (Fsp3) is 0.316. The molecular weight excluding hydrogens is 475 g/mol. The van der Waals surface area contributed by atoms with Crippen molar-refractivity contribution in [3.8, 4) is 0 Å². The van der Waals surface area contributed by atoms with Gasteiger partial charge in [0.25, 0.3) is 0 Å². The number of nitrogens with zero attached hydrogens (tertiary/aromatic N) is 1. The standard InChI is InChI=1S/C19H21Cl3N2O3S2/c1-13-16(21)4-3-5-18(13)24(29(2,26)27)11-19(25)23-8-9-28-12-14-6-7-15(20)10-17(14)22/h3-7,10H,8-9,11-12H2,1-2H3,(H,23,25). The van der Waals surface area contributed by atoms with Crippen molar-refractivity contribution in [3.63, 3.8) is 0 Å². The summed E-state index contributed by atoms with van der Waals surface area (Å²) >= 11 is 19.7. The number of sulfonamides is 1. The Hall–Kier alpha value is -1.12. The molecule has 2 rings (SSSR count). The van der Waals surface area contributed by atoms with E-state index in [9.17, 15) is 13.2 Å². The third-order valence-electron chi connectivity index (χ3n) is 4.04. The fourth-order valence-electron chi connectivity index (χ4n) is 2.52. The Morgan fingerprint density at radius 1 is 1.14 bits per heavy atom. The first kappa shape index (κ1) is 24.2. The van der Waals surface area contributed by atoms with E-state index in [2.05, 4.69) is 5.32 Å². The highest BCUT2D eigenvalue weighted by molar-refractivity contribution is 7.98. The fourth-order valence-corrected chi connectivity index (χ4v) is 5.01. The van der Waals surface area contributed by atoms with Crippen LogP contribution in [0.25, 0.3) is 0 Å². The normalized spacial score (nSPS) is 11.3. The van der Waals surface area contributed by atoms with Gasteiger partial charge in [-0.15, -0.1) is 0 Å². The molecule has 0 bridgehead atoms. The Labute approximate surface area is 190 Å². The van der Waals surface area contributed by atoms with Crippen molar-refractivity contribution in [2.75, 3.05) is 29.4 Å². The van der Waals surface area contributed by atoms with Gasteiger partial charge >= 0.3 is 0 Å². The van der Waals surface area contributed by atoms with Crippen LogP contribution >= 0.6 is 46.6 Å².